The fourth-order valence-corrected chi connectivity index (χ4v) is 4.25. The third-order valence-corrected chi connectivity index (χ3v) is 6.42. The molecule has 0 bridgehead atoms. The van der Waals surface area contributed by atoms with Gasteiger partial charge < -0.3 is 14.9 Å². The monoisotopic (exact) mass is 426 g/mol. The molecule has 172 valence electrons. The number of benzene rings is 1. The van der Waals surface area contributed by atoms with E-state index in [1.165, 1.54) is 16.7 Å². The molecule has 1 atom stereocenters. The zero-order chi connectivity index (χ0) is 23.0. The van der Waals surface area contributed by atoms with Gasteiger partial charge in [-0.25, -0.2) is 0 Å². The number of allylic oxidation sites excluding steroid dienone is 6. The highest BCUT2D eigenvalue weighted by molar-refractivity contribution is 5.53. The normalized spacial score (nSPS) is 19.1. The second-order valence-corrected chi connectivity index (χ2v) is 9.70. The Kier molecular flexibility index (Phi) is 9.43. The summed E-state index contributed by atoms with van der Waals surface area (Å²) >= 11 is 0. The minimum Gasteiger partial charge on any atom is -0.508 e. The average molecular weight is 427 g/mol. The summed E-state index contributed by atoms with van der Waals surface area (Å²) in [5.74, 6) is 1.02. The lowest BCUT2D eigenvalue weighted by Gasteiger charge is -2.37. The molecule has 1 heterocycles. The number of aliphatic hydroxyl groups excluding tert-OH is 1. The second kappa shape index (κ2) is 11.6. The smallest absolute Gasteiger partial charge is 0.126 e. The van der Waals surface area contributed by atoms with Crippen molar-refractivity contribution in [2.24, 2.45) is 0 Å². The van der Waals surface area contributed by atoms with E-state index < -0.39 is 0 Å². The predicted octanol–water partition coefficient (Wildman–Crippen LogP) is 7.48. The van der Waals surface area contributed by atoms with Crippen molar-refractivity contribution in [3.63, 3.8) is 0 Å². The van der Waals surface area contributed by atoms with Gasteiger partial charge in [-0.3, -0.25) is 0 Å². The van der Waals surface area contributed by atoms with Crippen LogP contribution in [0.25, 0.3) is 0 Å². The van der Waals surface area contributed by atoms with Crippen molar-refractivity contribution >= 4 is 0 Å². The Morgan fingerprint density at radius 3 is 2.26 bits per heavy atom. The van der Waals surface area contributed by atoms with E-state index in [0.717, 1.165) is 68.2 Å². The number of aryl methyl sites for hydroxylation is 1. The zero-order valence-corrected chi connectivity index (χ0v) is 20.5. The van der Waals surface area contributed by atoms with Crippen LogP contribution in [-0.2, 0) is 13.0 Å². The lowest BCUT2D eigenvalue weighted by Crippen LogP contribution is -2.36. The van der Waals surface area contributed by atoms with E-state index in [2.05, 4.69) is 52.8 Å². The van der Waals surface area contributed by atoms with Crippen LogP contribution in [0.1, 0.15) is 96.3 Å². The molecule has 0 saturated heterocycles. The van der Waals surface area contributed by atoms with Crippen molar-refractivity contribution in [3.05, 3.63) is 57.7 Å². The molecule has 0 saturated carbocycles. The third kappa shape index (κ3) is 7.57. The topological polar surface area (TPSA) is 49.7 Å². The standard InChI is InChI=1S/C28H42O3/c1-20(2)10-7-11-21(3)12-8-13-22(4)14-9-16-28(6)17-15-24-18-26(30)25(19-29)23(5)27(24)31-28/h10,12,14,18,29-30H,7-9,11,13,15-17,19H2,1-6H3. The van der Waals surface area contributed by atoms with Crippen LogP contribution < -0.4 is 4.74 Å². The number of rotatable bonds is 10. The zero-order valence-electron chi connectivity index (χ0n) is 20.5. The molecule has 0 aliphatic carbocycles. The van der Waals surface area contributed by atoms with Gasteiger partial charge in [-0.1, -0.05) is 34.9 Å². The van der Waals surface area contributed by atoms with Crippen molar-refractivity contribution in [1.29, 1.82) is 0 Å². The molecule has 1 aromatic carbocycles. The van der Waals surface area contributed by atoms with Crippen molar-refractivity contribution in [2.45, 2.75) is 105 Å². The SMILES string of the molecule is CC(C)=CCCC(C)=CCCC(C)=CCCC1(C)CCc2cc(O)c(CO)c(C)c2O1. The predicted molar refractivity (Wildman–Crippen MR) is 131 cm³/mol. The maximum Gasteiger partial charge on any atom is 0.126 e. The fraction of sp³-hybridized carbons (Fsp3) is 0.571. The van der Waals surface area contributed by atoms with E-state index in [0.29, 0.717) is 5.56 Å². The summed E-state index contributed by atoms with van der Waals surface area (Å²) in [5.41, 5.74) is 6.59. The second-order valence-electron chi connectivity index (χ2n) is 9.70. The number of hydrogen-bond donors (Lipinski definition) is 2. The van der Waals surface area contributed by atoms with Gasteiger partial charge >= 0.3 is 0 Å². The van der Waals surface area contributed by atoms with Gasteiger partial charge in [0.05, 0.1) is 6.61 Å². The Labute approximate surface area is 189 Å². The first-order chi connectivity index (χ1) is 14.6. The van der Waals surface area contributed by atoms with Gasteiger partial charge in [-0.05, 0) is 105 Å². The van der Waals surface area contributed by atoms with E-state index in [1.807, 2.05) is 6.92 Å². The highest BCUT2D eigenvalue weighted by atomic mass is 16.5. The van der Waals surface area contributed by atoms with Crippen molar-refractivity contribution < 1.29 is 14.9 Å². The molecule has 1 aliphatic heterocycles. The van der Waals surface area contributed by atoms with Gasteiger partial charge in [0.2, 0.25) is 0 Å². The molecule has 2 N–H and O–H groups in total. The molecule has 3 nitrogen and oxygen atoms in total. The molecular weight excluding hydrogens is 384 g/mol. The Hall–Kier alpha value is -2.00. The molecule has 1 aromatic rings. The maximum atomic E-state index is 10.1. The van der Waals surface area contributed by atoms with Gasteiger partial charge in [-0.15, -0.1) is 0 Å². The van der Waals surface area contributed by atoms with Crippen molar-refractivity contribution in [3.8, 4) is 11.5 Å². The van der Waals surface area contributed by atoms with Crippen molar-refractivity contribution in [2.75, 3.05) is 0 Å². The lowest BCUT2D eigenvalue weighted by molar-refractivity contribution is 0.0558. The molecule has 0 aromatic heterocycles. The summed E-state index contributed by atoms with van der Waals surface area (Å²) in [4.78, 5) is 0. The van der Waals surface area contributed by atoms with Gasteiger partial charge in [0.25, 0.3) is 0 Å². The Bertz CT molecular complexity index is 840. The largest absolute Gasteiger partial charge is 0.508 e. The molecule has 1 unspecified atom stereocenters. The van der Waals surface area contributed by atoms with E-state index in [-0.39, 0.29) is 18.0 Å². The molecule has 0 fully saturated rings. The number of aliphatic hydroxyl groups is 1. The van der Waals surface area contributed by atoms with Crippen molar-refractivity contribution in [1.82, 2.24) is 0 Å². The summed E-state index contributed by atoms with van der Waals surface area (Å²) in [6.07, 6.45) is 15.4. The van der Waals surface area contributed by atoms with Crippen LogP contribution in [0.5, 0.6) is 11.5 Å². The Balaban J connectivity index is 1.86. The highest BCUT2D eigenvalue weighted by Gasteiger charge is 2.33. The first-order valence-electron chi connectivity index (χ1n) is 11.7. The van der Waals surface area contributed by atoms with Crippen LogP contribution in [0.2, 0.25) is 0 Å². The van der Waals surface area contributed by atoms with Crippen LogP contribution >= 0.6 is 0 Å². The van der Waals surface area contributed by atoms with E-state index in [4.69, 9.17) is 4.74 Å². The number of aromatic hydroxyl groups is 1. The van der Waals surface area contributed by atoms with Crippen LogP contribution in [0.3, 0.4) is 0 Å². The molecule has 1 aliphatic rings. The maximum absolute atomic E-state index is 10.1. The van der Waals surface area contributed by atoms with E-state index in [1.54, 1.807) is 6.07 Å². The van der Waals surface area contributed by atoms with Gasteiger partial charge in [0.15, 0.2) is 0 Å². The minimum atomic E-state index is -0.209. The Morgan fingerprint density at radius 2 is 1.65 bits per heavy atom. The highest BCUT2D eigenvalue weighted by Crippen LogP contribution is 2.42. The quantitative estimate of drug-likeness (QED) is 0.381. The first-order valence-corrected chi connectivity index (χ1v) is 11.7. The Morgan fingerprint density at radius 1 is 1.03 bits per heavy atom. The molecule has 3 heteroatoms. The van der Waals surface area contributed by atoms with Crippen LogP contribution in [-0.4, -0.2) is 15.8 Å². The van der Waals surface area contributed by atoms with E-state index >= 15 is 0 Å². The van der Waals surface area contributed by atoms with Gasteiger partial charge in [0, 0.05) is 11.1 Å². The van der Waals surface area contributed by atoms with Gasteiger partial charge in [-0.2, -0.15) is 0 Å². The average Bonchev–Trinajstić information content (AvgIpc) is 2.69. The van der Waals surface area contributed by atoms with Crippen LogP contribution in [0.4, 0.5) is 0 Å². The van der Waals surface area contributed by atoms with Gasteiger partial charge in [0.1, 0.15) is 17.1 Å². The number of ether oxygens (including phenoxy) is 1. The number of hydrogen-bond acceptors (Lipinski definition) is 3. The molecule has 0 spiro atoms. The fourth-order valence-electron chi connectivity index (χ4n) is 4.25. The molecule has 0 amide bonds. The molecule has 31 heavy (non-hydrogen) atoms. The summed E-state index contributed by atoms with van der Waals surface area (Å²) in [6.45, 7) is 12.7. The summed E-state index contributed by atoms with van der Waals surface area (Å²) in [5, 5.41) is 19.7. The number of fused-ring (bicyclic) bond motifs is 1. The van der Waals surface area contributed by atoms with Crippen LogP contribution in [0, 0.1) is 6.92 Å². The minimum absolute atomic E-state index is 0.171. The molecular formula is C28H42O3. The summed E-state index contributed by atoms with van der Waals surface area (Å²) in [6, 6.07) is 1.76. The molecule has 2 rings (SSSR count). The summed E-state index contributed by atoms with van der Waals surface area (Å²) < 4.78 is 6.43. The molecule has 0 radical (unpaired) electrons. The van der Waals surface area contributed by atoms with Crippen LogP contribution in [0.15, 0.2) is 41.0 Å². The lowest BCUT2D eigenvalue weighted by atomic mass is 9.86. The third-order valence-electron chi connectivity index (χ3n) is 6.42. The first kappa shape index (κ1) is 25.3. The summed E-state index contributed by atoms with van der Waals surface area (Å²) in [7, 11) is 0. The number of phenols is 1. The van der Waals surface area contributed by atoms with E-state index in [9.17, 15) is 10.2 Å².